The lowest BCUT2D eigenvalue weighted by molar-refractivity contribution is -0.139. The Labute approximate surface area is 134 Å². The summed E-state index contributed by atoms with van der Waals surface area (Å²) in [5.41, 5.74) is 3.24. The molecule has 1 aromatic rings. The highest BCUT2D eigenvalue weighted by Gasteiger charge is 2.11. The number of nitrogens with one attached hydrogen (secondary N) is 2. The molecule has 7 nitrogen and oxygen atoms in total. The Morgan fingerprint density at radius 2 is 2.18 bits per heavy atom. The topological polar surface area (TPSA) is 92.2 Å². The normalized spacial score (nSPS) is 10.3. The zero-order chi connectivity index (χ0) is 16.4. The summed E-state index contributed by atoms with van der Waals surface area (Å²) in [6.07, 6.45) is 1.49. The molecule has 0 heterocycles. The monoisotopic (exact) mass is 325 g/mol. The molecule has 120 valence electrons. The third-order valence-corrected chi connectivity index (χ3v) is 2.59. The number of ether oxygens (including phenoxy) is 2. The maximum Gasteiger partial charge on any atom is 0.341 e. The number of aliphatic carboxylic acids is 1. The number of nitrogens with zero attached hydrogens (tertiary/aromatic N) is 1. The maximum absolute atomic E-state index is 10.7. The van der Waals surface area contributed by atoms with Crippen molar-refractivity contribution in [3.05, 3.63) is 23.8 Å². The largest absolute Gasteiger partial charge is 0.490 e. The van der Waals surface area contributed by atoms with Gasteiger partial charge in [-0.2, -0.15) is 5.10 Å². The van der Waals surface area contributed by atoms with E-state index in [2.05, 4.69) is 15.8 Å². The number of hydrogen-bond acceptors (Lipinski definition) is 5. The molecule has 0 aliphatic rings. The fourth-order valence-corrected chi connectivity index (χ4v) is 1.75. The summed E-state index contributed by atoms with van der Waals surface area (Å²) in [6.45, 7) is 4.41. The highest BCUT2D eigenvalue weighted by Crippen LogP contribution is 2.30. The van der Waals surface area contributed by atoms with E-state index in [4.69, 9.17) is 26.8 Å². The minimum Gasteiger partial charge on any atom is -0.490 e. The van der Waals surface area contributed by atoms with Crippen molar-refractivity contribution in [1.82, 2.24) is 10.7 Å². The van der Waals surface area contributed by atoms with Crippen molar-refractivity contribution in [2.24, 2.45) is 5.10 Å². The van der Waals surface area contributed by atoms with E-state index < -0.39 is 12.6 Å². The average Bonchev–Trinajstić information content (AvgIpc) is 2.47. The Hall–Kier alpha value is -2.35. The smallest absolute Gasteiger partial charge is 0.341 e. The van der Waals surface area contributed by atoms with Gasteiger partial charge in [0.05, 0.1) is 12.8 Å². The number of carbonyl (C=O) groups is 1. The van der Waals surface area contributed by atoms with Crippen molar-refractivity contribution in [2.45, 2.75) is 13.8 Å². The second-order valence-electron chi connectivity index (χ2n) is 4.02. The van der Waals surface area contributed by atoms with Gasteiger partial charge in [-0.05, 0) is 38.2 Å². The zero-order valence-corrected chi connectivity index (χ0v) is 13.3. The maximum atomic E-state index is 10.7. The molecule has 0 aliphatic carbocycles. The Kier molecular flexibility index (Phi) is 7.69. The van der Waals surface area contributed by atoms with Crippen molar-refractivity contribution < 1.29 is 19.4 Å². The first-order chi connectivity index (χ1) is 10.6. The van der Waals surface area contributed by atoms with E-state index in [-0.39, 0.29) is 0 Å². The van der Waals surface area contributed by atoms with Crippen LogP contribution in [0.5, 0.6) is 11.5 Å². The standard InChI is InChI=1S/C14H19N3O4S/c1-3-15-14(22)17-16-8-10-6-5-7-11(20-4-2)13(10)21-9-12(18)19/h5-8H,3-4,9H2,1-2H3,(H,18,19)(H2,15,17,22)/b16-8+. The lowest BCUT2D eigenvalue weighted by Crippen LogP contribution is -2.31. The number of benzene rings is 1. The van der Waals surface area contributed by atoms with Gasteiger partial charge in [-0.25, -0.2) is 4.79 Å². The van der Waals surface area contributed by atoms with Crippen LogP contribution in [0.2, 0.25) is 0 Å². The van der Waals surface area contributed by atoms with Crippen LogP contribution in [-0.4, -0.2) is 42.2 Å². The molecule has 0 saturated carbocycles. The molecule has 3 N–H and O–H groups in total. The fourth-order valence-electron chi connectivity index (χ4n) is 1.55. The van der Waals surface area contributed by atoms with Crippen LogP contribution >= 0.6 is 12.2 Å². The molecule has 0 fully saturated rings. The molecule has 8 heteroatoms. The minimum atomic E-state index is -1.07. The second kappa shape index (κ2) is 9.56. The third-order valence-electron chi connectivity index (χ3n) is 2.36. The first kappa shape index (κ1) is 17.7. The van der Waals surface area contributed by atoms with Crippen LogP contribution < -0.4 is 20.2 Å². The Bertz CT molecular complexity index is 549. The average molecular weight is 325 g/mol. The van der Waals surface area contributed by atoms with E-state index in [0.717, 1.165) is 0 Å². The molecule has 0 saturated heterocycles. The van der Waals surface area contributed by atoms with Gasteiger partial charge in [-0.3, -0.25) is 5.43 Å². The molecule has 0 aliphatic heterocycles. The summed E-state index contributed by atoms with van der Waals surface area (Å²) in [7, 11) is 0. The molecule has 1 rings (SSSR count). The highest BCUT2D eigenvalue weighted by atomic mass is 32.1. The quantitative estimate of drug-likeness (QED) is 0.378. The number of hydrogen-bond donors (Lipinski definition) is 3. The van der Waals surface area contributed by atoms with E-state index in [9.17, 15) is 4.79 Å². The van der Waals surface area contributed by atoms with E-state index >= 15 is 0 Å². The molecule has 0 aromatic heterocycles. The predicted octanol–water partition coefficient (Wildman–Crippen LogP) is 1.37. The van der Waals surface area contributed by atoms with Crippen molar-refractivity contribution in [3.8, 4) is 11.5 Å². The molecule has 0 spiro atoms. The van der Waals surface area contributed by atoms with Gasteiger partial charge in [0.1, 0.15) is 0 Å². The number of hydrazone groups is 1. The van der Waals surface area contributed by atoms with Crippen LogP contribution in [0.15, 0.2) is 23.3 Å². The number of rotatable bonds is 8. The van der Waals surface area contributed by atoms with E-state index in [1.807, 2.05) is 13.8 Å². The Balaban J connectivity index is 2.91. The molecular formula is C14H19N3O4S. The van der Waals surface area contributed by atoms with Gasteiger partial charge in [-0.1, -0.05) is 6.07 Å². The first-order valence-electron chi connectivity index (χ1n) is 6.75. The zero-order valence-electron chi connectivity index (χ0n) is 12.5. The van der Waals surface area contributed by atoms with E-state index in [0.29, 0.717) is 35.3 Å². The van der Waals surface area contributed by atoms with Crippen molar-refractivity contribution >= 4 is 29.5 Å². The van der Waals surface area contributed by atoms with Gasteiger partial charge < -0.3 is 19.9 Å². The lowest BCUT2D eigenvalue weighted by Gasteiger charge is -2.13. The summed E-state index contributed by atoms with van der Waals surface area (Å²) in [4.78, 5) is 10.7. The highest BCUT2D eigenvalue weighted by molar-refractivity contribution is 7.80. The van der Waals surface area contributed by atoms with E-state index in [1.54, 1.807) is 18.2 Å². The molecule has 0 amide bonds. The predicted molar refractivity (Wildman–Crippen MR) is 87.7 cm³/mol. The van der Waals surface area contributed by atoms with Crippen LogP contribution in [0.25, 0.3) is 0 Å². The number of para-hydroxylation sites is 1. The summed E-state index contributed by atoms with van der Waals surface area (Å²) < 4.78 is 10.7. The van der Waals surface area contributed by atoms with Crippen LogP contribution in [0.3, 0.4) is 0 Å². The first-order valence-corrected chi connectivity index (χ1v) is 7.16. The van der Waals surface area contributed by atoms with Crippen LogP contribution in [0.4, 0.5) is 0 Å². The van der Waals surface area contributed by atoms with Crippen LogP contribution in [-0.2, 0) is 4.79 Å². The Morgan fingerprint density at radius 3 is 2.82 bits per heavy atom. The number of carboxylic acids is 1. The molecular weight excluding hydrogens is 306 g/mol. The van der Waals surface area contributed by atoms with Crippen LogP contribution in [0.1, 0.15) is 19.4 Å². The molecule has 0 bridgehead atoms. The molecule has 22 heavy (non-hydrogen) atoms. The van der Waals surface area contributed by atoms with Gasteiger partial charge in [0.25, 0.3) is 0 Å². The molecule has 0 unspecified atom stereocenters. The molecule has 0 atom stereocenters. The van der Waals surface area contributed by atoms with Crippen molar-refractivity contribution in [1.29, 1.82) is 0 Å². The summed E-state index contributed by atoms with van der Waals surface area (Å²) >= 11 is 4.98. The van der Waals surface area contributed by atoms with Gasteiger partial charge in [0.15, 0.2) is 23.2 Å². The SMILES string of the molecule is CCNC(=S)N/N=C/c1cccc(OCC)c1OCC(=O)O. The van der Waals surface area contributed by atoms with Gasteiger partial charge in [-0.15, -0.1) is 0 Å². The Morgan fingerprint density at radius 1 is 1.41 bits per heavy atom. The van der Waals surface area contributed by atoms with Crippen molar-refractivity contribution in [3.63, 3.8) is 0 Å². The van der Waals surface area contributed by atoms with Crippen LogP contribution in [0, 0.1) is 0 Å². The molecule has 0 radical (unpaired) electrons. The number of thiocarbonyl (C=S) groups is 1. The van der Waals surface area contributed by atoms with Gasteiger partial charge in [0, 0.05) is 12.1 Å². The van der Waals surface area contributed by atoms with E-state index in [1.165, 1.54) is 6.21 Å². The van der Waals surface area contributed by atoms with Crippen molar-refractivity contribution in [2.75, 3.05) is 19.8 Å². The number of carboxylic acid groups (broad SMARTS) is 1. The summed E-state index contributed by atoms with van der Waals surface area (Å²) in [5, 5.41) is 16.0. The lowest BCUT2D eigenvalue weighted by atomic mass is 10.2. The van der Waals surface area contributed by atoms with Gasteiger partial charge in [0.2, 0.25) is 0 Å². The third kappa shape index (κ3) is 5.96. The minimum absolute atomic E-state index is 0.326. The fraction of sp³-hybridized carbons (Fsp3) is 0.357. The second-order valence-corrected chi connectivity index (χ2v) is 4.43. The molecule has 1 aromatic carbocycles. The summed E-state index contributed by atoms with van der Waals surface area (Å²) in [5.74, 6) is -0.283. The summed E-state index contributed by atoms with van der Waals surface area (Å²) in [6, 6.07) is 5.21. The van der Waals surface area contributed by atoms with Gasteiger partial charge >= 0.3 is 5.97 Å².